The summed E-state index contributed by atoms with van der Waals surface area (Å²) in [5, 5.41) is 32.8. The van der Waals surface area contributed by atoms with Crippen molar-refractivity contribution in [3.05, 3.63) is 127 Å². The molecule has 10 nitrogen and oxygen atoms in total. The van der Waals surface area contributed by atoms with Gasteiger partial charge in [-0.3, -0.25) is 29.8 Å². The number of carboxylic acids is 2. The van der Waals surface area contributed by atoms with Crippen molar-refractivity contribution in [2.45, 2.75) is 101 Å². The first-order valence-electron chi connectivity index (χ1n) is 20.0. The molecule has 16 heteroatoms. The number of anilines is 2. The first-order valence-corrected chi connectivity index (χ1v) is 21.5. The van der Waals surface area contributed by atoms with E-state index in [1.165, 1.54) is 24.3 Å². The molecular formula is C46H46Cl4F2N4O6. The SMILES string of the molecule is CC(C)(C)CC1NC(C(=O)O)C(c2cccc(Cl)c2F)C12C(=O)Nc1cc(Cl)ccc12.CC(C)(C)C[C@@H]1N[C@@H](C(=O)O)[C@H](c2cccc(Cl)c2F)[C@]12C(=O)Nc1cc(Cl)ccc12. The highest BCUT2D eigenvalue weighted by molar-refractivity contribution is 6.32. The second-order valence-electron chi connectivity index (χ2n) is 18.9. The average molecular weight is 931 g/mol. The van der Waals surface area contributed by atoms with Crippen molar-refractivity contribution in [3.63, 3.8) is 0 Å². The standard InChI is InChI=1S/2C23H23Cl2FN2O3/c2*1-22(2,3)10-16-23(13-8-7-11(24)9-15(13)27-21(23)31)17(19(28-16)20(29)30)12-5-4-6-14(25)18(12)26/h2*4-9,16-17,19,28H,10H2,1-3H3,(H,27,31)(H,29,30)/t16-,17-,19+,23+;/m0./s1. The summed E-state index contributed by atoms with van der Waals surface area (Å²) in [6.45, 7) is 12.1. The Labute approximate surface area is 378 Å². The quantitative estimate of drug-likeness (QED) is 0.112. The average Bonchev–Trinajstić information content (AvgIpc) is 3.85. The monoisotopic (exact) mass is 928 g/mol. The van der Waals surface area contributed by atoms with E-state index in [1.54, 1.807) is 48.5 Å². The highest BCUT2D eigenvalue weighted by Gasteiger charge is 2.68. The lowest BCUT2D eigenvalue weighted by Crippen LogP contribution is -2.49. The summed E-state index contributed by atoms with van der Waals surface area (Å²) in [5.74, 6) is -6.52. The number of carbonyl (C=O) groups is 4. The summed E-state index contributed by atoms with van der Waals surface area (Å²) in [5.41, 5.74) is -0.718. The first kappa shape index (κ1) is 45.7. The number of rotatable bonds is 6. The lowest BCUT2D eigenvalue weighted by molar-refractivity contribution is -0.140. The molecule has 4 aromatic carbocycles. The van der Waals surface area contributed by atoms with Gasteiger partial charge in [-0.15, -0.1) is 0 Å². The molecule has 328 valence electrons. The van der Waals surface area contributed by atoms with Crippen LogP contribution in [-0.2, 0) is 30.0 Å². The highest BCUT2D eigenvalue weighted by atomic mass is 35.5. The Bertz CT molecular complexity index is 2340. The highest BCUT2D eigenvalue weighted by Crippen LogP contribution is 2.59. The van der Waals surface area contributed by atoms with Crippen molar-refractivity contribution in [3.8, 4) is 0 Å². The zero-order chi connectivity index (χ0) is 45.4. The molecule has 4 aliphatic heterocycles. The van der Waals surface area contributed by atoms with Gasteiger partial charge in [-0.2, -0.15) is 0 Å². The number of hydrogen-bond donors (Lipinski definition) is 6. The zero-order valence-corrected chi connectivity index (χ0v) is 37.6. The van der Waals surface area contributed by atoms with Crippen molar-refractivity contribution in [1.29, 1.82) is 0 Å². The number of hydrogen-bond acceptors (Lipinski definition) is 6. The molecule has 4 heterocycles. The maximum absolute atomic E-state index is 15.3. The second-order valence-corrected chi connectivity index (χ2v) is 20.6. The van der Waals surface area contributed by atoms with Crippen LogP contribution in [0, 0.1) is 22.5 Å². The van der Waals surface area contributed by atoms with Gasteiger partial charge in [-0.1, -0.05) is 124 Å². The second kappa shape index (κ2) is 16.4. The third-order valence-electron chi connectivity index (χ3n) is 12.4. The Balaban J connectivity index is 0.000000186. The topological polar surface area (TPSA) is 157 Å². The minimum Gasteiger partial charge on any atom is -0.480 e. The fourth-order valence-electron chi connectivity index (χ4n) is 10.3. The number of halogens is 6. The Morgan fingerprint density at radius 3 is 1.29 bits per heavy atom. The number of aliphatic carboxylic acids is 2. The molecule has 2 saturated heterocycles. The van der Waals surface area contributed by atoms with E-state index in [1.807, 2.05) is 41.5 Å². The van der Waals surface area contributed by atoms with Crippen molar-refractivity contribution in [2.75, 3.05) is 10.6 Å². The molecule has 6 N–H and O–H groups in total. The minimum absolute atomic E-state index is 0.0989. The van der Waals surface area contributed by atoms with Crippen LogP contribution in [0.5, 0.6) is 0 Å². The Morgan fingerprint density at radius 1 is 0.613 bits per heavy atom. The van der Waals surface area contributed by atoms with Gasteiger partial charge in [0.05, 0.1) is 10.0 Å². The number of amides is 2. The molecule has 4 aromatic rings. The van der Waals surface area contributed by atoms with Gasteiger partial charge in [0.2, 0.25) is 11.8 Å². The van der Waals surface area contributed by atoms with E-state index in [-0.39, 0.29) is 43.8 Å². The van der Waals surface area contributed by atoms with E-state index in [0.717, 1.165) is 0 Å². The van der Waals surface area contributed by atoms with Crippen LogP contribution in [0.4, 0.5) is 20.2 Å². The van der Waals surface area contributed by atoms with E-state index < -0.39 is 70.4 Å². The molecule has 0 radical (unpaired) electrons. The van der Waals surface area contributed by atoms with Crippen LogP contribution in [-0.4, -0.2) is 58.1 Å². The van der Waals surface area contributed by atoms with E-state index in [2.05, 4.69) is 21.3 Å². The molecule has 0 aliphatic carbocycles. The Morgan fingerprint density at radius 2 is 0.968 bits per heavy atom. The van der Waals surface area contributed by atoms with Gasteiger partial charge in [0.1, 0.15) is 34.5 Å². The molecule has 2 amide bonds. The van der Waals surface area contributed by atoms with Gasteiger partial charge in [-0.05, 0) is 82.3 Å². The number of carboxylic acid groups (broad SMARTS) is 2. The summed E-state index contributed by atoms with van der Waals surface area (Å²) in [7, 11) is 0. The van der Waals surface area contributed by atoms with E-state index in [0.29, 0.717) is 45.4 Å². The summed E-state index contributed by atoms with van der Waals surface area (Å²) >= 11 is 24.4. The van der Waals surface area contributed by atoms with Crippen LogP contribution < -0.4 is 21.3 Å². The lowest BCUT2D eigenvalue weighted by Gasteiger charge is -2.37. The number of nitrogens with one attached hydrogen (secondary N) is 4. The smallest absolute Gasteiger partial charge is 0.321 e. The normalized spacial score (nSPS) is 27.4. The number of fused-ring (bicyclic) bond motifs is 4. The summed E-state index contributed by atoms with van der Waals surface area (Å²) in [6, 6.07) is 15.5. The van der Waals surface area contributed by atoms with Gasteiger partial charge in [0.15, 0.2) is 0 Å². The molecule has 2 spiro atoms. The lowest BCUT2D eigenvalue weighted by atomic mass is 9.62. The molecule has 4 unspecified atom stereocenters. The predicted molar refractivity (Wildman–Crippen MR) is 237 cm³/mol. The van der Waals surface area contributed by atoms with Crippen molar-refractivity contribution < 1.29 is 38.2 Å². The minimum atomic E-state index is -1.35. The summed E-state index contributed by atoms with van der Waals surface area (Å²) in [6.07, 6.45) is 0.982. The molecular weight excluding hydrogens is 884 g/mol. The summed E-state index contributed by atoms with van der Waals surface area (Å²) < 4.78 is 30.5. The van der Waals surface area contributed by atoms with Crippen LogP contribution in [0.2, 0.25) is 20.1 Å². The largest absolute Gasteiger partial charge is 0.480 e. The zero-order valence-electron chi connectivity index (χ0n) is 34.6. The predicted octanol–water partition coefficient (Wildman–Crippen LogP) is 9.93. The number of benzene rings is 4. The van der Waals surface area contributed by atoms with Gasteiger partial charge >= 0.3 is 11.9 Å². The molecule has 0 bridgehead atoms. The number of carbonyl (C=O) groups excluding carboxylic acids is 2. The van der Waals surface area contributed by atoms with Crippen molar-refractivity contribution in [1.82, 2.24) is 10.6 Å². The van der Waals surface area contributed by atoms with Crippen molar-refractivity contribution in [2.24, 2.45) is 10.8 Å². The Kier molecular flexibility index (Phi) is 12.1. The molecule has 0 saturated carbocycles. The van der Waals surface area contributed by atoms with Crippen molar-refractivity contribution >= 4 is 81.5 Å². The maximum atomic E-state index is 15.3. The van der Waals surface area contributed by atoms with E-state index in [4.69, 9.17) is 46.4 Å². The molecule has 4 aliphatic rings. The maximum Gasteiger partial charge on any atom is 0.321 e. The molecule has 8 atom stereocenters. The van der Waals surface area contributed by atoms with Crippen LogP contribution in [0.1, 0.15) is 88.5 Å². The van der Waals surface area contributed by atoms with E-state index >= 15 is 8.78 Å². The third kappa shape index (κ3) is 7.64. The third-order valence-corrected chi connectivity index (χ3v) is 13.5. The molecule has 0 aromatic heterocycles. The summed E-state index contributed by atoms with van der Waals surface area (Å²) in [4.78, 5) is 52.0. The fraction of sp³-hybridized carbons (Fsp3) is 0.391. The Hall–Kier alpha value is -4.30. The fourth-order valence-corrected chi connectivity index (χ4v) is 11.0. The first-order chi connectivity index (χ1) is 28.9. The van der Waals surface area contributed by atoms with Gasteiger partial charge in [0.25, 0.3) is 0 Å². The molecule has 8 rings (SSSR count). The van der Waals surface area contributed by atoms with Crippen LogP contribution in [0.15, 0.2) is 72.8 Å². The van der Waals surface area contributed by atoms with Crippen LogP contribution in [0.25, 0.3) is 0 Å². The van der Waals surface area contributed by atoms with Gasteiger partial charge < -0.3 is 20.8 Å². The van der Waals surface area contributed by atoms with Crippen LogP contribution in [0.3, 0.4) is 0 Å². The van der Waals surface area contributed by atoms with Gasteiger partial charge in [0, 0.05) is 45.3 Å². The van der Waals surface area contributed by atoms with Gasteiger partial charge in [-0.25, -0.2) is 8.78 Å². The molecule has 62 heavy (non-hydrogen) atoms. The van der Waals surface area contributed by atoms with Crippen LogP contribution >= 0.6 is 46.4 Å². The van der Waals surface area contributed by atoms with E-state index in [9.17, 15) is 29.4 Å². The molecule has 2 fully saturated rings.